The molecule has 2 N–H and O–H groups in total. The van der Waals surface area contributed by atoms with E-state index in [9.17, 15) is 0 Å². The van der Waals surface area contributed by atoms with Gasteiger partial charge >= 0.3 is 0 Å². The Kier molecular flexibility index (Phi) is 3.98. The molecular weight excluding hydrogens is 332 g/mol. The Morgan fingerprint density at radius 1 is 1.00 bits per heavy atom. The largest absolute Gasteiger partial charge is 0.345 e. The number of fused-ring (bicyclic) bond motifs is 2. The number of H-pyrrole nitrogens is 1. The summed E-state index contributed by atoms with van der Waals surface area (Å²) >= 11 is 0. The monoisotopic (exact) mass is 354 g/mol. The molecule has 0 fully saturated rings. The Labute approximate surface area is 158 Å². The van der Waals surface area contributed by atoms with Crippen molar-refractivity contribution in [1.29, 1.82) is 0 Å². The zero-order valence-corrected chi connectivity index (χ0v) is 15.4. The first-order valence-electron chi connectivity index (χ1n) is 9.45. The van der Waals surface area contributed by atoms with Crippen LogP contribution in [0, 0.1) is 6.92 Å². The summed E-state index contributed by atoms with van der Waals surface area (Å²) in [5.74, 6) is 0. The molecule has 27 heavy (non-hydrogen) atoms. The first-order valence-corrected chi connectivity index (χ1v) is 9.45. The Hall–Kier alpha value is -2.98. The molecule has 4 aromatic rings. The minimum absolute atomic E-state index is 0.506. The molecule has 134 valence electrons. The molecule has 0 amide bonds. The SMILES string of the molecule is Cc1cc(-c2ccc3nc[nH]c3c2)cnc1CNC1Cc2ccccc2C1. The summed E-state index contributed by atoms with van der Waals surface area (Å²) in [6.07, 6.45) is 5.92. The fourth-order valence-corrected chi connectivity index (χ4v) is 4.01. The summed E-state index contributed by atoms with van der Waals surface area (Å²) in [6.45, 7) is 2.95. The average molecular weight is 354 g/mol. The highest BCUT2D eigenvalue weighted by molar-refractivity contribution is 5.81. The molecule has 1 aliphatic rings. The molecular formula is C23H22N4. The number of nitrogens with zero attached hydrogens (tertiary/aromatic N) is 2. The van der Waals surface area contributed by atoms with Crippen LogP contribution in [0.4, 0.5) is 0 Å². The highest BCUT2D eigenvalue weighted by Gasteiger charge is 2.20. The lowest BCUT2D eigenvalue weighted by molar-refractivity contribution is 0.526. The number of hydrogen-bond donors (Lipinski definition) is 2. The van der Waals surface area contributed by atoms with Crippen LogP contribution in [0.3, 0.4) is 0 Å². The minimum Gasteiger partial charge on any atom is -0.345 e. The van der Waals surface area contributed by atoms with Crippen molar-refractivity contribution in [3.8, 4) is 11.1 Å². The van der Waals surface area contributed by atoms with Crippen LogP contribution < -0.4 is 5.32 Å². The standard InChI is InChI=1S/C23H22N4/c1-15-8-19(18-6-7-21-22(11-18)27-14-26-21)12-25-23(15)13-24-20-9-16-4-2-3-5-17(16)10-20/h2-8,11-12,14,20,24H,9-10,13H2,1H3,(H,26,27). The molecule has 0 spiro atoms. The lowest BCUT2D eigenvalue weighted by atomic mass is 10.0. The van der Waals surface area contributed by atoms with E-state index in [1.54, 1.807) is 6.33 Å². The second-order valence-corrected chi connectivity index (χ2v) is 7.38. The van der Waals surface area contributed by atoms with Crippen LogP contribution >= 0.6 is 0 Å². The Morgan fingerprint density at radius 3 is 2.59 bits per heavy atom. The molecule has 2 aromatic carbocycles. The number of imidazole rings is 1. The summed E-state index contributed by atoms with van der Waals surface area (Å²) in [5, 5.41) is 3.69. The molecule has 0 unspecified atom stereocenters. The van der Waals surface area contributed by atoms with Gasteiger partial charge < -0.3 is 10.3 Å². The smallest absolute Gasteiger partial charge is 0.0931 e. The topological polar surface area (TPSA) is 53.6 Å². The predicted octanol–water partition coefficient (Wildman–Crippen LogP) is 4.19. The highest BCUT2D eigenvalue weighted by atomic mass is 14.9. The number of aryl methyl sites for hydroxylation is 1. The van der Waals surface area contributed by atoms with Gasteiger partial charge in [-0.05, 0) is 60.2 Å². The third-order valence-electron chi connectivity index (χ3n) is 5.55. The third-order valence-corrected chi connectivity index (χ3v) is 5.55. The van der Waals surface area contributed by atoms with E-state index in [1.165, 1.54) is 16.7 Å². The minimum atomic E-state index is 0.506. The Balaban J connectivity index is 1.30. The van der Waals surface area contributed by atoms with Gasteiger partial charge in [0, 0.05) is 24.3 Å². The van der Waals surface area contributed by atoms with E-state index >= 15 is 0 Å². The van der Waals surface area contributed by atoms with Crippen LogP contribution in [-0.4, -0.2) is 21.0 Å². The zero-order valence-electron chi connectivity index (χ0n) is 15.4. The van der Waals surface area contributed by atoms with Crippen LogP contribution in [0.25, 0.3) is 22.2 Å². The van der Waals surface area contributed by atoms with Crippen molar-refractivity contribution in [3.63, 3.8) is 0 Å². The van der Waals surface area contributed by atoms with Gasteiger partial charge in [0.25, 0.3) is 0 Å². The van der Waals surface area contributed by atoms with Crippen LogP contribution in [0.2, 0.25) is 0 Å². The molecule has 0 bridgehead atoms. The summed E-state index contributed by atoms with van der Waals surface area (Å²) in [7, 11) is 0. The fraction of sp³-hybridized carbons (Fsp3) is 0.217. The van der Waals surface area contributed by atoms with Crippen molar-refractivity contribution in [3.05, 3.63) is 83.4 Å². The van der Waals surface area contributed by atoms with Crippen molar-refractivity contribution in [2.24, 2.45) is 0 Å². The number of aromatic nitrogens is 3. The van der Waals surface area contributed by atoms with Crippen molar-refractivity contribution in [1.82, 2.24) is 20.3 Å². The van der Waals surface area contributed by atoms with Crippen LogP contribution in [0.5, 0.6) is 0 Å². The molecule has 2 aromatic heterocycles. The second kappa shape index (κ2) is 6.63. The summed E-state index contributed by atoms with van der Waals surface area (Å²) < 4.78 is 0. The number of benzene rings is 2. The van der Waals surface area contributed by atoms with E-state index < -0.39 is 0 Å². The molecule has 2 heterocycles. The average Bonchev–Trinajstić information content (AvgIpc) is 3.32. The van der Waals surface area contributed by atoms with Gasteiger partial charge in [0.1, 0.15) is 0 Å². The normalized spacial score (nSPS) is 14.0. The molecule has 1 aliphatic carbocycles. The van der Waals surface area contributed by atoms with E-state index in [0.717, 1.165) is 47.2 Å². The van der Waals surface area contributed by atoms with E-state index in [4.69, 9.17) is 4.98 Å². The van der Waals surface area contributed by atoms with Gasteiger partial charge in [-0.15, -0.1) is 0 Å². The van der Waals surface area contributed by atoms with Gasteiger partial charge in [-0.3, -0.25) is 4.98 Å². The summed E-state index contributed by atoms with van der Waals surface area (Å²) in [4.78, 5) is 12.2. The van der Waals surface area contributed by atoms with Gasteiger partial charge in [0.2, 0.25) is 0 Å². The molecule has 5 rings (SSSR count). The quantitative estimate of drug-likeness (QED) is 0.578. The van der Waals surface area contributed by atoms with E-state index in [-0.39, 0.29) is 0 Å². The maximum Gasteiger partial charge on any atom is 0.0931 e. The van der Waals surface area contributed by atoms with Crippen LogP contribution in [0.1, 0.15) is 22.4 Å². The fourth-order valence-electron chi connectivity index (χ4n) is 4.01. The number of aromatic amines is 1. The van der Waals surface area contributed by atoms with Crippen molar-refractivity contribution in [2.75, 3.05) is 0 Å². The number of rotatable bonds is 4. The Bertz CT molecular complexity index is 1090. The lowest BCUT2D eigenvalue weighted by Gasteiger charge is -2.13. The third kappa shape index (κ3) is 3.13. The molecule has 0 saturated carbocycles. The van der Waals surface area contributed by atoms with Crippen LogP contribution in [-0.2, 0) is 19.4 Å². The first-order chi connectivity index (χ1) is 13.3. The molecule has 0 aliphatic heterocycles. The molecule has 4 nitrogen and oxygen atoms in total. The van der Waals surface area contributed by atoms with Crippen molar-refractivity contribution < 1.29 is 0 Å². The van der Waals surface area contributed by atoms with Gasteiger partial charge in [-0.25, -0.2) is 4.98 Å². The van der Waals surface area contributed by atoms with Crippen LogP contribution in [0.15, 0.2) is 61.1 Å². The first kappa shape index (κ1) is 16.2. The molecule has 0 atom stereocenters. The van der Waals surface area contributed by atoms with Gasteiger partial charge in [-0.2, -0.15) is 0 Å². The van der Waals surface area contributed by atoms with E-state index in [0.29, 0.717) is 6.04 Å². The molecule has 4 heteroatoms. The second-order valence-electron chi connectivity index (χ2n) is 7.38. The molecule has 0 saturated heterocycles. The summed E-state index contributed by atoms with van der Waals surface area (Å²) in [6, 6.07) is 17.8. The number of nitrogens with one attached hydrogen (secondary N) is 2. The zero-order chi connectivity index (χ0) is 18.2. The van der Waals surface area contributed by atoms with Crippen molar-refractivity contribution in [2.45, 2.75) is 32.4 Å². The van der Waals surface area contributed by atoms with Gasteiger partial charge in [-0.1, -0.05) is 30.3 Å². The maximum absolute atomic E-state index is 4.74. The number of hydrogen-bond acceptors (Lipinski definition) is 3. The van der Waals surface area contributed by atoms with E-state index in [1.807, 2.05) is 12.3 Å². The maximum atomic E-state index is 4.74. The number of pyridine rings is 1. The van der Waals surface area contributed by atoms with Gasteiger partial charge in [0.05, 0.1) is 23.1 Å². The molecule has 0 radical (unpaired) electrons. The highest BCUT2D eigenvalue weighted by Crippen LogP contribution is 2.25. The lowest BCUT2D eigenvalue weighted by Crippen LogP contribution is -2.29. The summed E-state index contributed by atoms with van der Waals surface area (Å²) in [5.41, 5.74) is 9.64. The van der Waals surface area contributed by atoms with Gasteiger partial charge in [0.15, 0.2) is 0 Å². The Morgan fingerprint density at radius 2 is 1.81 bits per heavy atom. The predicted molar refractivity (Wildman–Crippen MR) is 109 cm³/mol. The van der Waals surface area contributed by atoms with Crippen molar-refractivity contribution >= 4 is 11.0 Å². The van der Waals surface area contributed by atoms with E-state index in [2.05, 4.69) is 64.7 Å².